The first-order chi connectivity index (χ1) is 10.2. The third kappa shape index (κ3) is 2.94. The van der Waals surface area contributed by atoms with Crippen LogP contribution in [0, 0.1) is 6.92 Å². The number of nitrogens with one attached hydrogen (secondary N) is 1. The SMILES string of the molecule is Cc1ccc(C(=O)Nc2ccc(-n3cccn3)nc2)cn1. The van der Waals surface area contributed by atoms with Gasteiger partial charge in [0, 0.05) is 24.3 Å². The minimum Gasteiger partial charge on any atom is -0.321 e. The molecule has 0 saturated heterocycles. The topological polar surface area (TPSA) is 72.7 Å². The molecule has 0 radical (unpaired) electrons. The molecule has 3 aromatic heterocycles. The normalized spacial score (nSPS) is 10.3. The molecule has 6 heteroatoms. The number of carbonyl (C=O) groups excluding carboxylic acids is 1. The van der Waals surface area contributed by atoms with Crippen LogP contribution < -0.4 is 5.32 Å². The van der Waals surface area contributed by atoms with Crippen molar-refractivity contribution < 1.29 is 4.79 Å². The van der Waals surface area contributed by atoms with Crippen LogP contribution in [0.1, 0.15) is 16.1 Å². The molecule has 0 unspecified atom stereocenters. The lowest BCUT2D eigenvalue weighted by molar-refractivity contribution is 0.102. The molecule has 0 aromatic carbocycles. The number of amides is 1. The second kappa shape index (κ2) is 5.54. The van der Waals surface area contributed by atoms with Gasteiger partial charge in [0.15, 0.2) is 5.82 Å². The summed E-state index contributed by atoms with van der Waals surface area (Å²) in [7, 11) is 0. The molecule has 0 spiro atoms. The number of rotatable bonds is 3. The van der Waals surface area contributed by atoms with Crippen LogP contribution in [0.25, 0.3) is 5.82 Å². The third-order valence-electron chi connectivity index (χ3n) is 2.92. The zero-order valence-corrected chi connectivity index (χ0v) is 11.4. The average molecular weight is 279 g/mol. The van der Waals surface area contributed by atoms with Crippen molar-refractivity contribution >= 4 is 11.6 Å². The highest BCUT2D eigenvalue weighted by molar-refractivity contribution is 6.03. The fraction of sp³-hybridized carbons (Fsp3) is 0.0667. The van der Waals surface area contributed by atoms with E-state index in [1.165, 1.54) is 0 Å². The van der Waals surface area contributed by atoms with E-state index in [2.05, 4.69) is 20.4 Å². The monoisotopic (exact) mass is 279 g/mol. The molecular weight excluding hydrogens is 266 g/mol. The maximum absolute atomic E-state index is 12.0. The number of hydrogen-bond donors (Lipinski definition) is 1. The lowest BCUT2D eigenvalue weighted by atomic mass is 10.2. The molecule has 0 aliphatic heterocycles. The van der Waals surface area contributed by atoms with E-state index in [9.17, 15) is 4.79 Å². The molecule has 3 aromatic rings. The van der Waals surface area contributed by atoms with Crippen LogP contribution in [0.2, 0.25) is 0 Å². The first kappa shape index (κ1) is 13.0. The van der Waals surface area contributed by atoms with Crippen molar-refractivity contribution in [1.29, 1.82) is 0 Å². The van der Waals surface area contributed by atoms with Gasteiger partial charge in [0.2, 0.25) is 0 Å². The van der Waals surface area contributed by atoms with Gasteiger partial charge in [-0.05, 0) is 37.3 Å². The molecule has 3 rings (SSSR count). The Balaban J connectivity index is 1.73. The summed E-state index contributed by atoms with van der Waals surface area (Å²) in [4.78, 5) is 20.4. The van der Waals surface area contributed by atoms with E-state index in [1.54, 1.807) is 53.7 Å². The van der Waals surface area contributed by atoms with Crippen molar-refractivity contribution in [2.75, 3.05) is 5.32 Å². The van der Waals surface area contributed by atoms with Crippen LogP contribution >= 0.6 is 0 Å². The van der Waals surface area contributed by atoms with Gasteiger partial charge in [0.05, 0.1) is 17.4 Å². The van der Waals surface area contributed by atoms with E-state index in [1.807, 2.05) is 13.0 Å². The first-order valence-electron chi connectivity index (χ1n) is 6.42. The molecule has 1 N–H and O–H groups in total. The van der Waals surface area contributed by atoms with Crippen molar-refractivity contribution in [3.63, 3.8) is 0 Å². The zero-order chi connectivity index (χ0) is 14.7. The summed E-state index contributed by atoms with van der Waals surface area (Å²) >= 11 is 0. The highest BCUT2D eigenvalue weighted by Gasteiger charge is 2.07. The van der Waals surface area contributed by atoms with Gasteiger partial charge in [0.1, 0.15) is 0 Å². The summed E-state index contributed by atoms with van der Waals surface area (Å²) in [5.41, 5.74) is 2.00. The number of anilines is 1. The lowest BCUT2D eigenvalue weighted by Crippen LogP contribution is -2.12. The van der Waals surface area contributed by atoms with Gasteiger partial charge >= 0.3 is 0 Å². The second-order valence-electron chi connectivity index (χ2n) is 4.50. The van der Waals surface area contributed by atoms with E-state index >= 15 is 0 Å². The lowest BCUT2D eigenvalue weighted by Gasteiger charge is -2.06. The fourth-order valence-corrected chi connectivity index (χ4v) is 1.81. The largest absolute Gasteiger partial charge is 0.321 e. The Morgan fingerprint density at radius 3 is 2.67 bits per heavy atom. The molecule has 0 bridgehead atoms. The number of hydrogen-bond acceptors (Lipinski definition) is 4. The van der Waals surface area contributed by atoms with E-state index in [4.69, 9.17) is 0 Å². The van der Waals surface area contributed by atoms with Crippen molar-refractivity contribution in [3.05, 3.63) is 66.4 Å². The Morgan fingerprint density at radius 2 is 2.05 bits per heavy atom. The first-order valence-corrected chi connectivity index (χ1v) is 6.42. The van der Waals surface area contributed by atoms with Crippen molar-refractivity contribution in [1.82, 2.24) is 19.7 Å². The number of aromatic nitrogens is 4. The number of carbonyl (C=O) groups is 1. The standard InChI is InChI=1S/C15H13N5O/c1-11-3-4-12(9-16-11)15(21)19-13-5-6-14(17-10-13)20-8-2-7-18-20/h2-10H,1H3,(H,19,21). The maximum Gasteiger partial charge on any atom is 0.257 e. The molecule has 3 heterocycles. The minimum atomic E-state index is -0.212. The summed E-state index contributed by atoms with van der Waals surface area (Å²) in [6.45, 7) is 1.87. The van der Waals surface area contributed by atoms with E-state index in [0.717, 1.165) is 5.69 Å². The fourth-order valence-electron chi connectivity index (χ4n) is 1.81. The molecule has 0 aliphatic rings. The van der Waals surface area contributed by atoms with Crippen LogP contribution in [0.4, 0.5) is 5.69 Å². The molecule has 104 valence electrons. The van der Waals surface area contributed by atoms with Crippen LogP contribution in [0.5, 0.6) is 0 Å². The van der Waals surface area contributed by atoms with Gasteiger partial charge in [-0.15, -0.1) is 0 Å². The Morgan fingerprint density at radius 1 is 1.14 bits per heavy atom. The predicted molar refractivity (Wildman–Crippen MR) is 78.3 cm³/mol. The molecule has 6 nitrogen and oxygen atoms in total. The number of nitrogens with zero attached hydrogens (tertiary/aromatic N) is 4. The molecule has 0 atom stereocenters. The molecule has 1 amide bonds. The third-order valence-corrected chi connectivity index (χ3v) is 2.92. The van der Waals surface area contributed by atoms with Crippen LogP contribution in [-0.4, -0.2) is 25.7 Å². The number of pyridine rings is 2. The smallest absolute Gasteiger partial charge is 0.257 e. The average Bonchev–Trinajstić information content (AvgIpc) is 3.03. The van der Waals surface area contributed by atoms with Gasteiger partial charge < -0.3 is 5.32 Å². The van der Waals surface area contributed by atoms with Gasteiger partial charge in [-0.1, -0.05) is 0 Å². The Bertz CT molecular complexity index is 733. The van der Waals surface area contributed by atoms with Crippen LogP contribution in [-0.2, 0) is 0 Å². The van der Waals surface area contributed by atoms with Gasteiger partial charge in [-0.3, -0.25) is 9.78 Å². The quantitative estimate of drug-likeness (QED) is 0.798. The summed E-state index contributed by atoms with van der Waals surface area (Å²) in [6.07, 6.45) is 6.63. The van der Waals surface area contributed by atoms with E-state index < -0.39 is 0 Å². The maximum atomic E-state index is 12.0. The van der Waals surface area contributed by atoms with Crippen LogP contribution in [0.3, 0.4) is 0 Å². The van der Waals surface area contributed by atoms with Crippen molar-refractivity contribution in [2.24, 2.45) is 0 Å². The molecule has 21 heavy (non-hydrogen) atoms. The summed E-state index contributed by atoms with van der Waals surface area (Å²) in [5, 5.41) is 6.87. The van der Waals surface area contributed by atoms with Crippen molar-refractivity contribution in [3.8, 4) is 5.82 Å². The Hall–Kier alpha value is -3.02. The van der Waals surface area contributed by atoms with Crippen LogP contribution in [0.15, 0.2) is 55.1 Å². The van der Waals surface area contributed by atoms with E-state index in [0.29, 0.717) is 17.1 Å². The Kier molecular flexibility index (Phi) is 3.42. The number of aryl methyl sites for hydroxylation is 1. The molecule has 0 fully saturated rings. The summed E-state index contributed by atoms with van der Waals surface area (Å²) in [6, 6.07) is 8.93. The van der Waals surface area contributed by atoms with Gasteiger partial charge in [-0.2, -0.15) is 5.10 Å². The second-order valence-corrected chi connectivity index (χ2v) is 4.50. The summed E-state index contributed by atoms with van der Waals surface area (Å²) < 4.78 is 1.65. The van der Waals surface area contributed by atoms with E-state index in [-0.39, 0.29) is 5.91 Å². The predicted octanol–water partition coefficient (Wildman–Crippen LogP) is 2.22. The Labute approximate surface area is 121 Å². The van der Waals surface area contributed by atoms with Gasteiger partial charge in [0.25, 0.3) is 5.91 Å². The highest BCUT2D eigenvalue weighted by Crippen LogP contribution is 2.10. The van der Waals surface area contributed by atoms with Gasteiger partial charge in [-0.25, -0.2) is 9.67 Å². The minimum absolute atomic E-state index is 0.212. The zero-order valence-electron chi connectivity index (χ0n) is 11.4. The molecular formula is C15H13N5O. The molecule has 0 aliphatic carbocycles. The highest BCUT2D eigenvalue weighted by atomic mass is 16.1. The summed E-state index contributed by atoms with van der Waals surface area (Å²) in [5.74, 6) is 0.478. The molecule has 0 saturated carbocycles. The van der Waals surface area contributed by atoms with Crippen molar-refractivity contribution in [2.45, 2.75) is 6.92 Å².